The van der Waals surface area contributed by atoms with Crippen molar-refractivity contribution in [1.29, 1.82) is 0 Å². The molecule has 3 nitrogen and oxygen atoms in total. The molecular weight excluding hydrogens is 200 g/mol. The molecule has 1 amide bonds. The number of nitrogens with zero attached hydrogens (tertiary/aromatic N) is 1. The second-order valence-corrected chi connectivity index (χ2v) is 5.82. The molecule has 0 radical (unpaired) electrons. The standard InChI is InChI=1S/C13H24N2O/c1-9(2)10-3-5-12(6-4-10)15-8-11(14)7-13(15)16/h9-12H,3-8,14H2,1-2H3. The van der Waals surface area contributed by atoms with Crippen molar-refractivity contribution in [2.75, 3.05) is 6.54 Å². The summed E-state index contributed by atoms with van der Waals surface area (Å²) in [4.78, 5) is 13.8. The zero-order valence-corrected chi connectivity index (χ0v) is 10.5. The van der Waals surface area contributed by atoms with Gasteiger partial charge in [0.15, 0.2) is 0 Å². The Morgan fingerprint density at radius 3 is 2.31 bits per heavy atom. The molecule has 1 heterocycles. The molecule has 16 heavy (non-hydrogen) atoms. The van der Waals surface area contributed by atoms with Gasteiger partial charge in [0.2, 0.25) is 5.91 Å². The van der Waals surface area contributed by atoms with Crippen LogP contribution < -0.4 is 5.73 Å². The van der Waals surface area contributed by atoms with E-state index in [1.165, 1.54) is 25.7 Å². The fourth-order valence-corrected chi connectivity index (χ4v) is 3.19. The topological polar surface area (TPSA) is 46.3 Å². The van der Waals surface area contributed by atoms with E-state index in [1.807, 2.05) is 4.90 Å². The highest BCUT2D eigenvalue weighted by Gasteiger charge is 2.34. The summed E-state index contributed by atoms with van der Waals surface area (Å²) in [5.74, 6) is 1.93. The Bertz CT molecular complexity index is 257. The Balaban J connectivity index is 1.87. The monoisotopic (exact) mass is 224 g/mol. The molecular formula is C13H24N2O. The zero-order valence-electron chi connectivity index (χ0n) is 10.5. The molecule has 1 unspecified atom stereocenters. The Morgan fingerprint density at radius 2 is 1.88 bits per heavy atom. The van der Waals surface area contributed by atoms with Crippen molar-refractivity contribution in [3.05, 3.63) is 0 Å². The summed E-state index contributed by atoms with van der Waals surface area (Å²) in [6, 6.07) is 0.561. The van der Waals surface area contributed by atoms with Crippen LogP contribution in [0, 0.1) is 11.8 Å². The first-order valence-electron chi connectivity index (χ1n) is 6.63. The van der Waals surface area contributed by atoms with Gasteiger partial charge in [0.25, 0.3) is 0 Å². The lowest BCUT2D eigenvalue weighted by Crippen LogP contribution is -2.40. The highest BCUT2D eigenvalue weighted by molar-refractivity contribution is 5.79. The van der Waals surface area contributed by atoms with Crippen LogP contribution >= 0.6 is 0 Å². The molecule has 0 aromatic heterocycles. The highest BCUT2D eigenvalue weighted by Crippen LogP contribution is 2.33. The second kappa shape index (κ2) is 4.74. The minimum absolute atomic E-state index is 0.0790. The van der Waals surface area contributed by atoms with Crippen LogP contribution in [0.3, 0.4) is 0 Å². The fourth-order valence-electron chi connectivity index (χ4n) is 3.19. The van der Waals surface area contributed by atoms with E-state index in [1.54, 1.807) is 0 Å². The third-order valence-electron chi connectivity index (χ3n) is 4.31. The smallest absolute Gasteiger partial charge is 0.224 e. The molecule has 2 rings (SSSR count). The van der Waals surface area contributed by atoms with E-state index in [0.29, 0.717) is 12.5 Å². The van der Waals surface area contributed by atoms with Crippen LogP contribution in [0.25, 0.3) is 0 Å². The SMILES string of the molecule is CC(C)C1CCC(N2CC(N)CC2=O)CC1. The third-order valence-corrected chi connectivity index (χ3v) is 4.31. The van der Waals surface area contributed by atoms with Crippen LogP contribution in [0.5, 0.6) is 0 Å². The minimum atomic E-state index is 0.0790. The molecule has 2 fully saturated rings. The summed E-state index contributed by atoms with van der Waals surface area (Å²) in [6.45, 7) is 5.40. The average molecular weight is 224 g/mol. The Hall–Kier alpha value is -0.570. The van der Waals surface area contributed by atoms with E-state index >= 15 is 0 Å². The molecule has 2 aliphatic rings. The van der Waals surface area contributed by atoms with Gasteiger partial charge in [-0.25, -0.2) is 0 Å². The van der Waals surface area contributed by atoms with Gasteiger partial charge >= 0.3 is 0 Å². The van der Waals surface area contributed by atoms with Crippen molar-refractivity contribution in [2.45, 2.75) is 58.0 Å². The summed E-state index contributed by atoms with van der Waals surface area (Å²) in [5.41, 5.74) is 5.84. The minimum Gasteiger partial charge on any atom is -0.338 e. The number of carbonyl (C=O) groups excluding carboxylic acids is 1. The summed E-state index contributed by atoms with van der Waals surface area (Å²) in [7, 11) is 0. The van der Waals surface area contributed by atoms with E-state index in [9.17, 15) is 4.79 Å². The van der Waals surface area contributed by atoms with Gasteiger partial charge in [0.05, 0.1) is 0 Å². The normalized spacial score (nSPS) is 36.1. The highest BCUT2D eigenvalue weighted by atomic mass is 16.2. The van der Waals surface area contributed by atoms with Gasteiger partial charge in [-0.05, 0) is 37.5 Å². The van der Waals surface area contributed by atoms with Crippen LogP contribution in [-0.4, -0.2) is 29.4 Å². The van der Waals surface area contributed by atoms with E-state index in [2.05, 4.69) is 13.8 Å². The molecule has 0 aromatic rings. The molecule has 1 aliphatic carbocycles. The first kappa shape index (κ1) is 11.9. The van der Waals surface area contributed by atoms with Crippen molar-refractivity contribution in [1.82, 2.24) is 4.90 Å². The van der Waals surface area contributed by atoms with Crippen molar-refractivity contribution < 1.29 is 4.79 Å². The predicted octanol–water partition coefficient (Wildman–Crippen LogP) is 1.76. The van der Waals surface area contributed by atoms with Crippen molar-refractivity contribution in [2.24, 2.45) is 17.6 Å². The quantitative estimate of drug-likeness (QED) is 0.777. The first-order valence-corrected chi connectivity index (χ1v) is 6.63. The maximum Gasteiger partial charge on any atom is 0.224 e. The van der Waals surface area contributed by atoms with Crippen LogP contribution in [0.4, 0.5) is 0 Å². The third kappa shape index (κ3) is 2.40. The van der Waals surface area contributed by atoms with Gasteiger partial charge in [-0.3, -0.25) is 4.79 Å². The zero-order chi connectivity index (χ0) is 11.7. The van der Waals surface area contributed by atoms with Crippen LogP contribution in [0.2, 0.25) is 0 Å². The molecule has 3 heteroatoms. The largest absolute Gasteiger partial charge is 0.338 e. The number of carbonyl (C=O) groups is 1. The summed E-state index contributed by atoms with van der Waals surface area (Å²) in [5, 5.41) is 0. The van der Waals surface area contributed by atoms with Gasteiger partial charge in [-0.1, -0.05) is 13.8 Å². The molecule has 92 valence electrons. The summed E-state index contributed by atoms with van der Waals surface area (Å²) >= 11 is 0. The van der Waals surface area contributed by atoms with E-state index < -0.39 is 0 Å². The maximum atomic E-state index is 11.7. The first-order chi connectivity index (χ1) is 7.58. The maximum absolute atomic E-state index is 11.7. The van der Waals surface area contributed by atoms with Crippen LogP contribution in [0.1, 0.15) is 46.0 Å². The number of nitrogens with two attached hydrogens (primary N) is 1. The van der Waals surface area contributed by atoms with E-state index in [0.717, 1.165) is 18.4 Å². The average Bonchev–Trinajstić information content (AvgIpc) is 2.58. The number of amides is 1. The van der Waals surface area contributed by atoms with Crippen LogP contribution in [0.15, 0.2) is 0 Å². The lowest BCUT2D eigenvalue weighted by Gasteiger charge is -2.36. The van der Waals surface area contributed by atoms with Gasteiger partial charge < -0.3 is 10.6 Å². The molecule has 2 N–H and O–H groups in total. The Labute approximate surface area is 98.4 Å². The Morgan fingerprint density at radius 1 is 1.25 bits per heavy atom. The van der Waals surface area contributed by atoms with Gasteiger partial charge in [-0.2, -0.15) is 0 Å². The summed E-state index contributed by atoms with van der Waals surface area (Å²) in [6.07, 6.45) is 5.48. The lowest BCUT2D eigenvalue weighted by molar-refractivity contribution is -0.130. The van der Waals surface area contributed by atoms with Gasteiger partial charge in [-0.15, -0.1) is 0 Å². The molecule has 1 atom stereocenters. The number of likely N-dealkylation sites (tertiary alicyclic amines) is 1. The molecule has 0 bridgehead atoms. The fraction of sp³-hybridized carbons (Fsp3) is 0.923. The number of hydrogen-bond acceptors (Lipinski definition) is 2. The van der Waals surface area contributed by atoms with Crippen molar-refractivity contribution in [3.63, 3.8) is 0 Å². The van der Waals surface area contributed by atoms with Gasteiger partial charge in [0, 0.05) is 25.0 Å². The lowest BCUT2D eigenvalue weighted by atomic mass is 9.79. The molecule has 0 aromatic carbocycles. The van der Waals surface area contributed by atoms with Crippen molar-refractivity contribution >= 4 is 5.91 Å². The predicted molar refractivity (Wildman–Crippen MR) is 64.9 cm³/mol. The number of hydrogen-bond donors (Lipinski definition) is 1. The van der Waals surface area contributed by atoms with Gasteiger partial charge in [0.1, 0.15) is 0 Å². The van der Waals surface area contributed by atoms with Crippen LogP contribution in [-0.2, 0) is 4.79 Å². The number of rotatable bonds is 2. The molecule has 1 saturated carbocycles. The Kier molecular flexibility index (Phi) is 3.53. The summed E-state index contributed by atoms with van der Waals surface area (Å²) < 4.78 is 0. The molecule has 0 spiro atoms. The van der Waals surface area contributed by atoms with E-state index in [-0.39, 0.29) is 11.9 Å². The molecule has 1 aliphatic heterocycles. The molecule has 1 saturated heterocycles. The van der Waals surface area contributed by atoms with E-state index in [4.69, 9.17) is 5.73 Å². The second-order valence-electron chi connectivity index (χ2n) is 5.82. The van der Waals surface area contributed by atoms with Crippen molar-refractivity contribution in [3.8, 4) is 0 Å².